The van der Waals surface area contributed by atoms with Crippen LogP contribution in [0.25, 0.3) is 16.6 Å². The van der Waals surface area contributed by atoms with Gasteiger partial charge in [0.15, 0.2) is 11.3 Å². The average Bonchev–Trinajstić information content (AvgIpc) is 4.22. The number of carbonyl (C=O) groups excluding carboxylic acids is 6. The number of pyridine rings is 2. The molecule has 386 valence electrons. The van der Waals surface area contributed by atoms with Gasteiger partial charge in [-0.2, -0.15) is 5.10 Å². The number of anilines is 4. The highest BCUT2D eigenvalue weighted by molar-refractivity contribution is 6.03. The smallest absolute Gasteiger partial charge is 0.357 e. The minimum Gasteiger partial charge on any atom is -0.455 e. The predicted octanol–water partition coefficient (Wildman–Crippen LogP) is 6.84. The van der Waals surface area contributed by atoms with Gasteiger partial charge >= 0.3 is 5.97 Å². The number of esters is 1. The van der Waals surface area contributed by atoms with Gasteiger partial charge in [0, 0.05) is 99.2 Å². The topological polar surface area (TPSA) is 218 Å². The van der Waals surface area contributed by atoms with Crippen LogP contribution in [0.1, 0.15) is 129 Å². The van der Waals surface area contributed by atoms with Crippen molar-refractivity contribution in [1.29, 1.82) is 0 Å². The summed E-state index contributed by atoms with van der Waals surface area (Å²) in [5.41, 5.74) is 5.41. The van der Waals surface area contributed by atoms with E-state index >= 15 is 0 Å². The maximum atomic E-state index is 14.1. The minimum atomic E-state index is -0.774. The molecule has 6 aromatic rings. The number of fused-ring (bicyclic) bond motifs is 2. The molecule has 1 unspecified atom stereocenters. The van der Waals surface area contributed by atoms with E-state index in [1.54, 1.807) is 55.2 Å². The van der Waals surface area contributed by atoms with Gasteiger partial charge in [-0.05, 0) is 108 Å². The largest absolute Gasteiger partial charge is 0.455 e. The number of ether oxygens (including phenoxy) is 1. The molecule has 1 spiro atoms. The lowest BCUT2D eigenvalue weighted by atomic mass is 9.82. The van der Waals surface area contributed by atoms with Crippen molar-refractivity contribution >= 4 is 74.9 Å². The lowest BCUT2D eigenvalue weighted by Gasteiger charge is -2.26. The van der Waals surface area contributed by atoms with Crippen LogP contribution in [0.5, 0.6) is 0 Å². The third kappa shape index (κ3) is 10.4. The molecule has 3 N–H and O–H groups in total. The van der Waals surface area contributed by atoms with E-state index in [0.717, 1.165) is 54.5 Å². The molecule has 4 aliphatic heterocycles. The van der Waals surface area contributed by atoms with Crippen molar-refractivity contribution in [3.63, 3.8) is 0 Å². The molecule has 19 heteroatoms. The zero-order valence-corrected chi connectivity index (χ0v) is 43.0. The maximum Gasteiger partial charge on any atom is 0.357 e. The van der Waals surface area contributed by atoms with Crippen molar-refractivity contribution in [2.75, 3.05) is 59.7 Å². The number of benzene rings is 2. The van der Waals surface area contributed by atoms with E-state index in [0.29, 0.717) is 74.0 Å². The minimum absolute atomic E-state index is 0.0358. The number of nitrogens with zero attached hydrogens (tertiary/aromatic N) is 9. The number of amides is 5. The number of imide groups is 1. The first-order valence-corrected chi connectivity index (χ1v) is 25.7. The number of carbonyl (C=O) groups is 6. The normalized spacial score (nSPS) is 21.0. The van der Waals surface area contributed by atoms with E-state index in [1.807, 2.05) is 24.1 Å². The Kier molecular flexibility index (Phi) is 13.2. The Balaban J connectivity index is 0.747. The van der Waals surface area contributed by atoms with Crippen LogP contribution in [0.2, 0.25) is 0 Å². The number of piperidine rings is 1. The fourth-order valence-corrected chi connectivity index (χ4v) is 11.1. The summed E-state index contributed by atoms with van der Waals surface area (Å²) in [6.45, 7) is 13.8. The highest BCUT2D eigenvalue weighted by Gasteiger charge is 2.46. The van der Waals surface area contributed by atoms with Gasteiger partial charge in [-0.1, -0.05) is 37.3 Å². The van der Waals surface area contributed by atoms with Gasteiger partial charge in [-0.15, -0.1) is 5.10 Å². The van der Waals surface area contributed by atoms with Crippen LogP contribution in [0, 0.1) is 12.3 Å². The molecule has 5 amide bonds. The second kappa shape index (κ2) is 19.6. The molecule has 4 aliphatic rings. The Morgan fingerprint density at radius 2 is 1.55 bits per heavy atom. The SMILES string of the molecule is Cc1cc(N2CC[C@](C)(c3ccccc3)C2)cn2nc(C(=O)N3CC[C@@]4(CCN(c5cc(NC(=O)CCCCC(=O)Nc6ccc7c(C8CCC(=O)NC8=O)nn(C)c7c6)cc(C(=O)OC(C)(C)C)n5)C4)C3)nc12. The molecular weight excluding hydrogens is 941 g/mol. The summed E-state index contributed by atoms with van der Waals surface area (Å²) in [5, 5.41) is 18.4. The summed E-state index contributed by atoms with van der Waals surface area (Å²) in [6.07, 6.45) is 6.45. The number of aromatic nitrogens is 6. The zero-order chi connectivity index (χ0) is 52.1. The molecule has 0 saturated carbocycles. The molecule has 19 nitrogen and oxygen atoms in total. The van der Waals surface area contributed by atoms with Crippen LogP contribution >= 0.6 is 0 Å². The maximum absolute atomic E-state index is 14.1. The van der Waals surface area contributed by atoms with Gasteiger partial charge in [0.1, 0.15) is 11.4 Å². The van der Waals surface area contributed by atoms with Gasteiger partial charge < -0.3 is 30.1 Å². The molecule has 3 atom stereocenters. The lowest BCUT2D eigenvalue weighted by molar-refractivity contribution is -0.134. The van der Waals surface area contributed by atoms with E-state index in [-0.39, 0.29) is 71.1 Å². The van der Waals surface area contributed by atoms with E-state index in [2.05, 4.69) is 74.2 Å². The number of rotatable bonds is 13. The van der Waals surface area contributed by atoms with Crippen molar-refractivity contribution in [2.45, 2.75) is 109 Å². The molecule has 10 rings (SSSR count). The molecule has 4 fully saturated rings. The molecule has 0 aliphatic carbocycles. The first-order valence-electron chi connectivity index (χ1n) is 25.7. The van der Waals surface area contributed by atoms with Gasteiger partial charge in [0.05, 0.1) is 29.0 Å². The second-order valence-electron chi connectivity index (χ2n) is 22.0. The lowest BCUT2D eigenvalue weighted by Crippen LogP contribution is -2.39. The number of nitrogens with one attached hydrogen (secondary N) is 3. The number of unbranched alkanes of at least 4 members (excludes halogenated alkanes) is 1. The van der Waals surface area contributed by atoms with Crippen molar-refractivity contribution in [1.82, 2.24) is 39.6 Å². The quantitative estimate of drug-likeness (QED) is 0.0614. The van der Waals surface area contributed by atoms with Crippen LogP contribution in [0.4, 0.5) is 22.9 Å². The van der Waals surface area contributed by atoms with Gasteiger partial charge in [0.25, 0.3) is 5.91 Å². The van der Waals surface area contributed by atoms with Crippen molar-refractivity contribution in [2.24, 2.45) is 12.5 Å². The number of likely N-dealkylation sites (tertiary alicyclic amines) is 1. The zero-order valence-electron chi connectivity index (χ0n) is 43.0. The Bertz CT molecular complexity index is 3220. The van der Waals surface area contributed by atoms with Gasteiger partial charge in [0.2, 0.25) is 29.5 Å². The molecule has 0 radical (unpaired) electrons. The standard InChI is InChI=1S/C55H64N12O7/c1-34-26-38(64-23-20-54(5,31-64)35-12-8-7-9-13-35)30-67-49(34)60-48(62-67)51(72)66-25-22-55(33-66)21-24-65(32-55)43-29-37(27-41(58-43)52(73)74-53(2,3)4)57-45(69)15-11-10-14-44(68)56-36-16-17-39-42(28-36)63(6)61-47(39)40-18-19-46(70)59-50(40)71/h7-9,12-13,16-17,26-30,40H,10-11,14-15,18-25,31-33H2,1-6H3,(H,56,68)(H,57,58,69)(H,59,70,71)/t40?,54-,55+/m0/s1. The van der Waals surface area contributed by atoms with Gasteiger partial charge in [-0.25, -0.2) is 19.3 Å². The first-order chi connectivity index (χ1) is 35.3. The summed E-state index contributed by atoms with van der Waals surface area (Å²) in [6, 6.07) is 21.5. The Morgan fingerprint density at radius 3 is 2.30 bits per heavy atom. The summed E-state index contributed by atoms with van der Waals surface area (Å²) in [4.78, 5) is 94.0. The van der Waals surface area contributed by atoms with Crippen molar-refractivity contribution in [3.05, 3.63) is 101 Å². The van der Waals surface area contributed by atoms with Crippen LogP contribution in [0.15, 0.2) is 72.9 Å². The van der Waals surface area contributed by atoms with Crippen molar-refractivity contribution in [3.8, 4) is 0 Å². The third-order valence-corrected chi connectivity index (χ3v) is 15.1. The summed E-state index contributed by atoms with van der Waals surface area (Å²) in [5.74, 6) is -1.79. The number of hydrogen-bond donors (Lipinski definition) is 3. The van der Waals surface area contributed by atoms with Crippen LogP contribution < -0.4 is 25.8 Å². The first kappa shape index (κ1) is 49.9. The summed E-state index contributed by atoms with van der Waals surface area (Å²) < 4.78 is 9.11. The molecule has 74 heavy (non-hydrogen) atoms. The van der Waals surface area contributed by atoms with E-state index in [9.17, 15) is 28.8 Å². The predicted molar refractivity (Wildman–Crippen MR) is 279 cm³/mol. The van der Waals surface area contributed by atoms with Crippen molar-refractivity contribution < 1.29 is 33.5 Å². The Labute approximate surface area is 429 Å². The second-order valence-corrected chi connectivity index (χ2v) is 22.0. The van der Waals surface area contributed by atoms with E-state index in [4.69, 9.17) is 19.8 Å². The Morgan fingerprint density at radius 1 is 0.824 bits per heavy atom. The van der Waals surface area contributed by atoms with Crippen LogP contribution in [-0.2, 0) is 36.4 Å². The molecule has 4 saturated heterocycles. The fraction of sp³-hybridized carbons (Fsp3) is 0.455. The number of aryl methyl sites for hydroxylation is 2. The third-order valence-electron chi connectivity index (χ3n) is 15.1. The number of hydrogen-bond acceptors (Lipinski definition) is 13. The molecular formula is C55H64N12O7. The highest BCUT2D eigenvalue weighted by Crippen LogP contribution is 2.42. The Hall–Kier alpha value is -7.70. The molecule has 0 bridgehead atoms. The van der Waals surface area contributed by atoms with Gasteiger partial charge in [-0.3, -0.25) is 34.0 Å². The highest BCUT2D eigenvalue weighted by atomic mass is 16.6. The fourth-order valence-electron chi connectivity index (χ4n) is 11.1. The van der Waals surface area contributed by atoms with E-state index < -0.39 is 17.5 Å². The summed E-state index contributed by atoms with van der Waals surface area (Å²) >= 11 is 0. The molecule has 4 aromatic heterocycles. The monoisotopic (exact) mass is 1000 g/mol. The van der Waals surface area contributed by atoms with Crippen LogP contribution in [0.3, 0.4) is 0 Å². The molecule has 8 heterocycles. The van der Waals surface area contributed by atoms with E-state index in [1.165, 1.54) is 11.6 Å². The molecule has 2 aromatic carbocycles. The average molecular weight is 1010 g/mol. The summed E-state index contributed by atoms with van der Waals surface area (Å²) in [7, 11) is 1.77. The van der Waals surface area contributed by atoms with Crippen LogP contribution in [-0.4, -0.2) is 115 Å².